The standard InChI is InChI=1S/C16H22BrF3O4/c1-9-3-4-12(10(7-17)13(21)16(18,19)20)15-8-22-14(2,23-24-15)6-5-11(9)15/h9,11-12,21H,3-8H2,1-2H3/b13-10-/t9-,11?,12+,14+,15-/m1/s1. The molecule has 0 amide bonds. The van der Waals surface area contributed by atoms with Crippen molar-refractivity contribution in [3.05, 3.63) is 11.3 Å². The first kappa shape index (κ1) is 18.5. The van der Waals surface area contributed by atoms with E-state index < -0.39 is 29.2 Å². The van der Waals surface area contributed by atoms with Gasteiger partial charge in [0.1, 0.15) is 5.60 Å². The Balaban J connectivity index is 2.05. The van der Waals surface area contributed by atoms with Gasteiger partial charge in [0, 0.05) is 17.7 Å². The van der Waals surface area contributed by atoms with E-state index >= 15 is 0 Å². The molecular formula is C16H22BrF3O4. The molecule has 1 unspecified atom stereocenters. The van der Waals surface area contributed by atoms with Gasteiger partial charge in [0.15, 0.2) is 11.5 Å². The Bertz CT molecular complexity index is 526. The van der Waals surface area contributed by atoms with E-state index in [4.69, 9.17) is 14.5 Å². The van der Waals surface area contributed by atoms with Gasteiger partial charge in [0.05, 0.1) is 6.61 Å². The van der Waals surface area contributed by atoms with Crippen LogP contribution in [0.3, 0.4) is 0 Å². The molecular weight excluding hydrogens is 393 g/mol. The molecule has 138 valence electrons. The third-order valence-electron chi connectivity index (χ3n) is 5.84. The molecule has 3 heterocycles. The van der Waals surface area contributed by atoms with Crippen LogP contribution >= 0.6 is 15.9 Å². The van der Waals surface area contributed by atoms with Gasteiger partial charge in [-0.15, -0.1) is 0 Å². The summed E-state index contributed by atoms with van der Waals surface area (Å²) < 4.78 is 45.1. The number of allylic oxidation sites excluding steroid dienone is 1. The summed E-state index contributed by atoms with van der Waals surface area (Å²) in [6.45, 7) is 4.05. The maximum absolute atomic E-state index is 13.1. The van der Waals surface area contributed by atoms with Gasteiger partial charge in [-0.05, 0) is 43.6 Å². The molecule has 4 fully saturated rings. The zero-order chi connectivity index (χ0) is 17.8. The highest BCUT2D eigenvalue weighted by Crippen LogP contribution is 2.55. The van der Waals surface area contributed by atoms with Crippen LogP contribution in [0.15, 0.2) is 11.3 Å². The van der Waals surface area contributed by atoms with Gasteiger partial charge < -0.3 is 9.84 Å². The van der Waals surface area contributed by atoms with Crippen molar-refractivity contribution in [2.45, 2.75) is 57.1 Å². The van der Waals surface area contributed by atoms with Crippen LogP contribution in [0.4, 0.5) is 13.2 Å². The molecule has 24 heavy (non-hydrogen) atoms. The largest absolute Gasteiger partial charge is 0.504 e. The molecule has 0 aromatic rings. The molecule has 0 radical (unpaired) electrons. The summed E-state index contributed by atoms with van der Waals surface area (Å²) >= 11 is 3.12. The third kappa shape index (κ3) is 2.89. The lowest BCUT2D eigenvalue weighted by atomic mass is 9.61. The van der Waals surface area contributed by atoms with Crippen LogP contribution in [0.25, 0.3) is 0 Å². The zero-order valence-electron chi connectivity index (χ0n) is 13.7. The van der Waals surface area contributed by atoms with E-state index in [1.165, 1.54) is 0 Å². The molecule has 1 aliphatic carbocycles. The van der Waals surface area contributed by atoms with Gasteiger partial charge in [0.25, 0.3) is 0 Å². The van der Waals surface area contributed by atoms with Gasteiger partial charge in [-0.2, -0.15) is 13.2 Å². The van der Waals surface area contributed by atoms with Crippen LogP contribution in [0.1, 0.15) is 39.5 Å². The van der Waals surface area contributed by atoms with E-state index in [1.807, 2.05) is 0 Å². The van der Waals surface area contributed by atoms with E-state index in [-0.39, 0.29) is 23.4 Å². The number of hydrogen-bond acceptors (Lipinski definition) is 4. The topological polar surface area (TPSA) is 47.9 Å². The van der Waals surface area contributed by atoms with Crippen molar-refractivity contribution >= 4 is 15.9 Å². The number of aliphatic hydroxyl groups excluding tert-OH is 1. The number of rotatable bonds is 2. The summed E-state index contributed by atoms with van der Waals surface area (Å²) in [4.78, 5) is 11.2. The predicted octanol–water partition coefficient (Wildman–Crippen LogP) is 4.65. The highest BCUT2D eigenvalue weighted by atomic mass is 79.9. The predicted molar refractivity (Wildman–Crippen MR) is 83.4 cm³/mol. The Morgan fingerprint density at radius 3 is 2.50 bits per heavy atom. The van der Waals surface area contributed by atoms with Crippen LogP contribution in [-0.2, 0) is 14.5 Å². The summed E-state index contributed by atoms with van der Waals surface area (Å²) in [5.41, 5.74) is -1.08. The Morgan fingerprint density at radius 2 is 1.96 bits per heavy atom. The summed E-state index contributed by atoms with van der Waals surface area (Å²) in [5, 5.41) is 9.71. The van der Waals surface area contributed by atoms with Crippen LogP contribution in [0.5, 0.6) is 0 Å². The molecule has 3 aliphatic heterocycles. The van der Waals surface area contributed by atoms with Crippen molar-refractivity contribution < 1.29 is 32.8 Å². The lowest BCUT2D eigenvalue weighted by Crippen LogP contribution is -2.59. The number of aliphatic hydroxyl groups is 1. The van der Waals surface area contributed by atoms with Gasteiger partial charge in [-0.1, -0.05) is 22.9 Å². The van der Waals surface area contributed by atoms with E-state index in [2.05, 4.69) is 22.9 Å². The van der Waals surface area contributed by atoms with Gasteiger partial charge >= 0.3 is 6.18 Å². The number of alkyl halides is 4. The highest BCUT2D eigenvalue weighted by molar-refractivity contribution is 9.09. The van der Waals surface area contributed by atoms with Crippen LogP contribution in [0.2, 0.25) is 0 Å². The molecule has 5 atom stereocenters. The minimum Gasteiger partial charge on any atom is -0.504 e. The Labute approximate surface area is 147 Å². The van der Waals surface area contributed by atoms with Crippen LogP contribution in [-0.4, -0.2) is 34.6 Å². The molecule has 8 heteroatoms. The summed E-state index contributed by atoms with van der Waals surface area (Å²) in [6.07, 6.45) is -2.12. The second kappa shape index (κ2) is 6.14. The number of halogens is 4. The van der Waals surface area contributed by atoms with E-state index in [1.54, 1.807) is 6.92 Å². The molecule has 3 saturated heterocycles. The number of fused-ring (bicyclic) bond motifs is 3. The molecule has 2 bridgehead atoms. The van der Waals surface area contributed by atoms with Crippen molar-refractivity contribution in [3.8, 4) is 0 Å². The van der Waals surface area contributed by atoms with E-state index in [0.29, 0.717) is 18.8 Å². The number of ether oxygens (including phenoxy) is 1. The fourth-order valence-electron chi connectivity index (χ4n) is 4.45. The monoisotopic (exact) mass is 414 g/mol. The molecule has 4 rings (SSSR count). The lowest BCUT2D eigenvalue weighted by molar-refractivity contribution is -0.514. The first-order valence-corrected chi connectivity index (χ1v) is 9.31. The minimum atomic E-state index is -4.78. The van der Waals surface area contributed by atoms with Crippen LogP contribution < -0.4 is 0 Å². The molecule has 1 spiro atoms. The lowest BCUT2D eigenvalue weighted by Gasteiger charge is -2.52. The second-order valence-electron chi connectivity index (χ2n) is 7.30. The summed E-state index contributed by atoms with van der Waals surface area (Å²) in [5.74, 6) is -2.68. The van der Waals surface area contributed by atoms with Crippen molar-refractivity contribution in [3.63, 3.8) is 0 Å². The summed E-state index contributed by atoms with van der Waals surface area (Å²) in [6, 6.07) is 0. The van der Waals surface area contributed by atoms with Crippen molar-refractivity contribution in [1.29, 1.82) is 0 Å². The molecule has 1 saturated carbocycles. The maximum Gasteiger partial charge on any atom is 0.448 e. The van der Waals surface area contributed by atoms with Crippen molar-refractivity contribution in [2.75, 3.05) is 11.9 Å². The molecule has 0 aromatic heterocycles. The normalized spacial score (nSPS) is 43.8. The Hall–Kier alpha value is -0.310. The van der Waals surface area contributed by atoms with Crippen LogP contribution in [0, 0.1) is 17.8 Å². The first-order chi connectivity index (χ1) is 11.1. The molecule has 1 N–H and O–H groups in total. The molecule has 4 nitrogen and oxygen atoms in total. The Morgan fingerprint density at radius 1 is 1.25 bits per heavy atom. The van der Waals surface area contributed by atoms with Crippen molar-refractivity contribution in [2.24, 2.45) is 17.8 Å². The minimum absolute atomic E-state index is 0.0238. The van der Waals surface area contributed by atoms with Gasteiger partial charge in [0.2, 0.25) is 0 Å². The quantitative estimate of drug-likeness (QED) is 0.406. The third-order valence-corrected chi connectivity index (χ3v) is 6.44. The zero-order valence-corrected chi connectivity index (χ0v) is 15.2. The van der Waals surface area contributed by atoms with Crippen molar-refractivity contribution in [1.82, 2.24) is 0 Å². The summed E-state index contributed by atoms with van der Waals surface area (Å²) in [7, 11) is 0. The fourth-order valence-corrected chi connectivity index (χ4v) is 5.11. The fraction of sp³-hybridized carbons (Fsp3) is 0.875. The maximum atomic E-state index is 13.1. The molecule has 4 aliphatic rings. The smallest absolute Gasteiger partial charge is 0.448 e. The average molecular weight is 415 g/mol. The van der Waals surface area contributed by atoms with E-state index in [9.17, 15) is 18.3 Å². The van der Waals surface area contributed by atoms with Gasteiger partial charge in [-0.3, -0.25) is 0 Å². The second-order valence-corrected chi connectivity index (χ2v) is 7.86. The SMILES string of the molecule is C[C@@H]1CC[C@@H](/C(CBr)=C(\O)C(F)(F)F)[C@@]23CO[C@](C)(CCC12)OO3. The van der Waals surface area contributed by atoms with E-state index in [0.717, 1.165) is 12.8 Å². The average Bonchev–Trinajstić information content (AvgIpc) is 2.76. The number of hydrogen-bond donors (Lipinski definition) is 1. The Kier molecular flexibility index (Phi) is 4.73. The van der Waals surface area contributed by atoms with Gasteiger partial charge in [-0.25, -0.2) is 9.78 Å². The highest BCUT2D eigenvalue weighted by Gasteiger charge is 2.61. The molecule has 0 aromatic carbocycles. The first-order valence-electron chi connectivity index (χ1n) is 8.19.